The van der Waals surface area contributed by atoms with Gasteiger partial charge in [-0.1, -0.05) is 37.5 Å². The Bertz CT molecular complexity index is 936. The molecule has 1 aliphatic carbocycles. The number of anilines is 1. The van der Waals surface area contributed by atoms with Crippen molar-refractivity contribution in [3.05, 3.63) is 59.9 Å². The number of aromatic nitrogens is 1. The molecule has 30 heavy (non-hydrogen) atoms. The van der Waals surface area contributed by atoms with Crippen LogP contribution in [0.2, 0.25) is 0 Å². The first-order chi connectivity index (χ1) is 14.5. The molecule has 156 valence electrons. The molecule has 2 N–H and O–H groups in total. The summed E-state index contributed by atoms with van der Waals surface area (Å²) in [6.45, 7) is 1.66. The van der Waals surface area contributed by atoms with Crippen LogP contribution >= 0.6 is 0 Å². The van der Waals surface area contributed by atoms with Gasteiger partial charge in [0.2, 0.25) is 11.8 Å². The van der Waals surface area contributed by atoms with Crippen molar-refractivity contribution in [2.75, 3.05) is 5.32 Å². The molecular weight excluding hydrogens is 378 g/mol. The lowest BCUT2D eigenvalue weighted by Crippen LogP contribution is -2.45. The van der Waals surface area contributed by atoms with E-state index in [4.69, 9.17) is 0 Å². The number of benzene rings is 1. The number of pyridine rings is 1. The molecule has 1 aromatic carbocycles. The summed E-state index contributed by atoms with van der Waals surface area (Å²) in [6, 6.07) is 11.4. The highest BCUT2D eigenvalue weighted by Crippen LogP contribution is 2.33. The van der Waals surface area contributed by atoms with Gasteiger partial charge < -0.3 is 10.6 Å². The topological polar surface area (TPSA) is 88.2 Å². The minimum atomic E-state index is -1.34. The van der Waals surface area contributed by atoms with E-state index in [9.17, 15) is 14.4 Å². The summed E-state index contributed by atoms with van der Waals surface area (Å²) in [5.41, 5.74) is 1.59. The van der Waals surface area contributed by atoms with Gasteiger partial charge in [0.1, 0.15) is 5.54 Å². The summed E-state index contributed by atoms with van der Waals surface area (Å²) in [4.78, 5) is 42.3. The van der Waals surface area contributed by atoms with Crippen molar-refractivity contribution < 1.29 is 14.4 Å². The van der Waals surface area contributed by atoms with Gasteiger partial charge in [-0.25, -0.2) is 0 Å². The summed E-state index contributed by atoms with van der Waals surface area (Å²) < 4.78 is 0. The van der Waals surface area contributed by atoms with Gasteiger partial charge in [0.05, 0.1) is 0 Å². The average Bonchev–Trinajstić information content (AvgIpc) is 2.97. The largest absolute Gasteiger partial charge is 0.342 e. The van der Waals surface area contributed by atoms with Crippen LogP contribution in [0.1, 0.15) is 56.1 Å². The molecule has 4 rings (SSSR count). The third kappa shape index (κ3) is 4.13. The summed E-state index contributed by atoms with van der Waals surface area (Å²) in [7, 11) is 0. The quantitative estimate of drug-likeness (QED) is 0.747. The van der Waals surface area contributed by atoms with Gasteiger partial charge in [-0.2, -0.15) is 0 Å². The molecule has 2 aromatic rings. The van der Waals surface area contributed by atoms with Crippen molar-refractivity contribution in [1.29, 1.82) is 0 Å². The number of hydrogen-bond acceptors (Lipinski definition) is 4. The third-order valence-corrected chi connectivity index (χ3v) is 6.26. The number of ketones is 1. The maximum absolute atomic E-state index is 13.0. The molecule has 0 spiro atoms. The van der Waals surface area contributed by atoms with Gasteiger partial charge in [-0.05, 0) is 55.0 Å². The van der Waals surface area contributed by atoms with Gasteiger partial charge in [0, 0.05) is 24.5 Å². The van der Waals surface area contributed by atoms with E-state index in [0.717, 1.165) is 5.56 Å². The van der Waals surface area contributed by atoms with Gasteiger partial charge in [-0.3, -0.25) is 19.4 Å². The second-order valence-corrected chi connectivity index (χ2v) is 8.60. The van der Waals surface area contributed by atoms with Crippen molar-refractivity contribution in [3.63, 3.8) is 0 Å². The Labute approximate surface area is 176 Å². The van der Waals surface area contributed by atoms with Crippen LogP contribution in [0, 0.1) is 5.92 Å². The van der Waals surface area contributed by atoms with E-state index in [1.165, 1.54) is 37.7 Å². The van der Waals surface area contributed by atoms with Crippen molar-refractivity contribution in [1.82, 2.24) is 10.3 Å². The Kier molecular flexibility index (Phi) is 5.66. The molecule has 2 fully saturated rings. The number of nitrogens with zero attached hydrogens (tertiary/aromatic N) is 1. The number of Topliss-reactive ketones (excluding diaryl/α,β-unsaturated/α-hetero) is 1. The molecule has 1 saturated carbocycles. The first-order valence-electron chi connectivity index (χ1n) is 10.6. The Morgan fingerprint density at radius 2 is 1.87 bits per heavy atom. The van der Waals surface area contributed by atoms with Crippen LogP contribution < -0.4 is 10.6 Å². The number of hydrogen-bond donors (Lipinski definition) is 2. The smallest absolute Gasteiger partial charge is 0.244 e. The van der Waals surface area contributed by atoms with Crippen LogP contribution in [-0.2, 0) is 20.8 Å². The molecule has 2 atom stereocenters. The normalized spacial score (nSPS) is 24.5. The van der Waals surface area contributed by atoms with E-state index in [1.807, 2.05) is 30.3 Å². The lowest BCUT2D eigenvalue weighted by atomic mass is 9.84. The second kappa shape index (κ2) is 8.38. The fourth-order valence-corrected chi connectivity index (χ4v) is 4.61. The summed E-state index contributed by atoms with van der Waals surface area (Å²) in [6.07, 6.45) is 9.85. The summed E-state index contributed by atoms with van der Waals surface area (Å²) >= 11 is 0. The minimum absolute atomic E-state index is 0.297. The monoisotopic (exact) mass is 405 g/mol. The number of amides is 2. The molecular formula is C24H27N3O3. The van der Waals surface area contributed by atoms with Crippen LogP contribution in [0.4, 0.5) is 5.69 Å². The zero-order valence-electron chi connectivity index (χ0n) is 17.2. The minimum Gasteiger partial charge on any atom is -0.342 e. The average molecular weight is 405 g/mol. The van der Waals surface area contributed by atoms with E-state index >= 15 is 0 Å². The first-order valence-corrected chi connectivity index (χ1v) is 10.6. The predicted octanol–water partition coefficient (Wildman–Crippen LogP) is 3.38. The van der Waals surface area contributed by atoms with E-state index in [1.54, 1.807) is 25.4 Å². The SMILES string of the molecule is CC1(Cc2cccnc2)NC(=O)C(C(=O)Nc2ccc(C3CCCCC3)cc2)C1=O. The number of rotatable bonds is 5. The fourth-order valence-electron chi connectivity index (χ4n) is 4.61. The van der Waals surface area contributed by atoms with Crippen molar-refractivity contribution >= 4 is 23.3 Å². The first kappa shape index (κ1) is 20.3. The van der Waals surface area contributed by atoms with Crippen molar-refractivity contribution in [2.24, 2.45) is 5.92 Å². The Hall–Kier alpha value is -3.02. The lowest BCUT2D eigenvalue weighted by molar-refractivity contribution is -0.135. The summed E-state index contributed by atoms with van der Waals surface area (Å²) in [5, 5.41) is 5.46. The molecule has 2 unspecified atom stereocenters. The fraction of sp³-hybridized carbons (Fsp3) is 0.417. The second-order valence-electron chi connectivity index (χ2n) is 8.60. The zero-order chi connectivity index (χ0) is 21.1. The highest BCUT2D eigenvalue weighted by atomic mass is 16.2. The molecule has 1 aromatic heterocycles. The van der Waals surface area contributed by atoms with Gasteiger partial charge in [0.25, 0.3) is 0 Å². The number of carbonyl (C=O) groups excluding carboxylic acids is 3. The van der Waals surface area contributed by atoms with E-state index in [2.05, 4.69) is 15.6 Å². The molecule has 2 aliphatic rings. The van der Waals surface area contributed by atoms with Crippen LogP contribution in [0.25, 0.3) is 0 Å². The lowest BCUT2D eigenvalue weighted by Gasteiger charge is -2.22. The van der Waals surface area contributed by atoms with Crippen molar-refractivity contribution in [3.8, 4) is 0 Å². The maximum Gasteiger partial charge on any atom is 0.244 e. The van der Waals surface area contributed by atoms with Gasteiger partial charge in [0.15, 0.2) is 11.7 Å². The number of carbonyl (C=O) groups is 3. The third-order valence-electron chi connectivity index (χ3n) is 6.26. The van der Waals surface area contributed by atoms with E-state index in [-0.39, 0.29) is 0 Å². The van der Waals surface area contributed by atoms with Crippen molar-refractivity contribution in [2.45, 2.75) is 56.9 Å². The Morgan fingerprint density at radius 1 is 1.13 bits per heavy atom. The Balaban J connectivity index is 1.42. The van der Waals surface area contributed by atoms with E-state index in [0.29, 0.717) is 18.0 Å². The van der Waals surface area contributed by atoms with Gasteiger partial charge in [-0.15, -0.1) is 0 Å². The molecule has 2 heterocycles. The maximum atomic E-state index is 13.0. The molecule has 1 saturated heterocycles. The van der Waals surface area contributed by atoms with E-state index < -0.39 is 29.1 Å². The molecule has 0 radical (unpaired) electrons. The molecule has 6 nitrogen and oxygen atoms in total. The zero-order valence-corrected chi connectivity index (χ0v) is 17.2. The number of nitrogens with one attached hydrogen (secondary N) is 2. The van der Waals surface area contributed by atoms with Gasteiger partial charge >= 0.3 is 0 Å². The predicted molar refractivity (Wildman–Crippen MR) is 114 cm³/mol. The van der Waals surface area contributed by atoms with Crippen LogP contribution in [-0.4, -0.2) is 28.1 Å². The highest BCUT2D eigenvalue weighted by molar-refractivity contribution is 6.27. The molecule has 2 amide bonds. The summed E-state index contributed by atoms with van der Waals surface area (Å²) in [5.74, 6) is -2.31. The Morgan fingerprint density at radius 3 is 2.53 bits per heavy atom. The molecule has 0 bridgehead atoms. The van der Waals surface area contributed by atoms with Crippen LogP contribution in [0.15, 0.2) is 48.8 Å². The standard InChI is InChI=1S/C24H27N3O3/c1-24(14-16-6-5-13-25-15-16)21(28)20(23(30)27-24)22(29)26-19-11-9-18(10-12-19)17-7-3-2-4-8-17/h5-6,9-13,15,17,20H,2-4,7-8,14H2,1H3,(H,26,29)(H,27,30). The molecule has 6 heteroatoms. The van der Waals surface area contributed by atoms with Crippen LogP contribution in [0.5, 0.6) is 0 Å². The molecule has 1 aliphatic heterocycles. The van der Waals surface area contributed by atoms with Crippen LogP contribution in [0.3, 0.4) is 0 Å². The highest BCUT2D eigenvalue weighted by Gasteiger charge is 2.52.